The van der Waals surface area contributed by atoms with Crippen molar-refractivity contribution in [2.75, 3.05) is 17.7 Å². The molecule has 0 atom stereocenters. The van der Waals surface area contributed by atoms with Crippen molar-refractivity contribution in [1.82, 2.24) is 9.78 Å². The number of nitrogens with one attached hydrogen (secondary N) is 2. The van der Waals surface area contributed by atoms with Gasteiger partial charge in [-0.25, -0.2) is 4.79 Å². The third kappa shape index (κ3) is 5.02. The van der Waals surface area contributed by atoms with Gasteiger partial charge in [0.1, 0.15) is 5.82 Å². The average molecular weight is 454 g/mol. The minimum absolute atomic E-state index is 0.218. The number of methoxy groups -OCH3 is 1. The summed E-state index contributed by atoms with van der Waals surface area (Å²) in [6.07, 6.45) is 0. The van der Waals surface area contributed by atoms with Crippen molar-refractivity contribution in [3.05, 3.63) is 102 Å². The number of amides is 2. The summed E-state index contributed by atoms with van der Waals surface area (Å²) in [4.78, 5) is 36.7. The lowest BCUT2D eigenvalue weighted by Crippen LogP contribution is -2.14. The molecule has 0 fully saturated rings. The van der Waals surface area contributed by atoms with Crippen molar-refractivity contribution in [1.29, 1.82) is 0 Å². The van der Waals surface area contributed by atoms with Crippen LogP contribution in [0.15, 0.2) is 84.9 Å². The normalized spacial score (nSPS) is 10.4. The Balaban J connectivity index is 1.45. The topological polar surface area (TPSA) is 102 Å². The van der Waals surface area contributed by atoms with Gasteiger partial charge in [0.15, 0.2) is 0 Å². The van der Waals surface area contributed by atoms with Crippen LogP contribution in [-0.4, -0.2) is 34.7 Å². The number of hydrogen-bond acceptors (Lipinski definition) is 5. The maximum Gasteiger partial charge on any atom is 0.337 e. The van der Waals surface area contributed by atoms with Crippen LogP contribution in [-0.2, 0) is 11.8 Å². The fraction of sp³-hybridized carbons (Fsp3) is 0.0769. The van der Waals surface area contributed by atoms with Gasteiger partial charge in [-0.15, -0.1) is 0 Å². The lowest BCUT2D eigenvalue weighted by atomic mass is 10.1. The van der Waals surface area contributed by atoms with Gasteiger partial charge in [0.25, 0.3) is 11.8 Å². The molecule has 4 rings (SSSR count). The van der Waals surface area contributed by atoms with Gasteiger partial charge in [0, 0.05) is 35.5 Å². The van der Waals surface area contributed by atoms with E-state index in [9.17, 15) is 14.4 Å². The monoisotopic (exact) mass is 454 g/mol. The molecule has 2 amide bonds. The SMILES string of the molecule is COC(=O)c1cccc(C(=O)Nc2ccc(-c3cc(NC(=O)c4ccccc4)n(C)n3)cc2)c1. The first kappa shape index (κ1) is 22.5. The maximum absolute atomic E-state index is 12.6. The molecule has 1 heterocycles. The van der Waals surface area contributed by atoms with E-state index in [0.29, 0.717) is 33.9 Å². The molecule has 0 aliphatic carbocycles. The predicted molar refractivity (Wildman–Crippen MR) is 129 cm³/mol. The Kier molecular flexibility index (Phi) is 6.49. The van der Waals surface area contributed by atoms with Crippen molar-refractivity contribution in [2.24, 2.45) is 7.05 Å². The number of benzene rings is 3. The largest absolute Gasteiger partial charge is 0.465 e. The van der Waals surface area contributed by atoms with Crippen LogP contribution in [0.3, 0.4) is 0 Å². The molecule has 34 heavy (non-hydrogen) atoms. The highest BCUT2D eigenvalue weighted by atomic mass is 16.5. The minimum Gasteiger partial charge on any atom is -0.465 e. The molecule has 0 saturated heterocycles. The Morgan fingerprint density at radius 1 is 0.765 bits per heavy atom. The van der Waals surface area contributed by atoms with Gasteiger partial charge >= 0.3 is 5.97 Å². The van der Waals surface area contributed by atoms with E-state index in [-0.39, 0.29) is 11.8 Å². The van der Waals surface area contributed by atoms with E-state index in [1.807, 2.05) is 18.2 Å². The van der Waals surface area contributed by atoms with Crippen LogP contribution in [0.25, 0.3) is 11.3 Å². The fourth-order valence-electron chi connectivity index (χ4n) is 3.34. The van der Waals surface area contributed by atoms with E-state index in [1.165, 1.54) is 13.2 Å². The molecule has 0 saturated carbocycles. The third-order valence-corrected chi connectivity index (χ3v) is 5.14. The molecular weight excluding hydrogens is 432 g/mol. The summed E-state index contributed by atoms with van der Waals surface area (Å²) in [5.41, 5.74) is 3.29. The van der Waals surface area contributed by atoms with Gasteiger partial charge in [-0.1, -0.05) is 36.4 Å². The standard InChI is InChI=1S/C26H22N4O4/c1-30-23(28-24(31)18-7-4-3-5-8-18)16-22(29-30)17-11-13-21(14-12-17)27-25(32)19-9-6-10-20(15-19)26(33)34-2/h3-16H,1-2H3,(H,27,32)(H,28,31). The van der Waals surface area contributed by atoms with Crippen LogP contribution < -0.4 is 10.6 Å². The number of anilines is 2. The molecule has 8 nitrogen and oxygen atoms in total. The van der Waals surface area contributed by atoms with Crippen LogP contribution in [0.1, 0.15) is 31.1 Å². The molecule has 0 bridgehead atoms. The number of carbonyl (C=O) groups excluding carboxylic acids is 3. The Labute approximate surface area is 196 Å². The maximum atomic E-state index is 12.6. The number of rotatable bonds is 6. The Hall–Kier alpha value is -4.72. The molecule has 0 unspecified atom stereocenters. The summed E-state index contributed by atoms with van der Waals surface area (Å²) < 4.78 is 6.29. The second kappa shape index (κ2) is 9.83. The van der Waals surface area contributed by atoms with Crippen molar-refractivity contribution in [3.8, 4) is 11.3 Å². The summed E-state index contributed by atoms with van der Waals surface area (Å²) in [6, 6.07) is 24.2. The number of hydrogen-bond donors (Lipinski definition) is 2. The van der Waals surface area contributed by atoms with E-state index >= 15 is 0 Å². The first-order valence-electron chi connectivity index (χ1n) is 10.4. The smallest absolute Gasteiger partial charge is 0.337 e. The molecular formula is C26H22N4O4. The highest BCUT2D eigenvalue weighted by molar-refractivity contribution is 6.06. The van der Waals surface area contributed by atoms with Gasteiger partial charge in [-0.3, -0.25) is 14.3 Å². The molecule has 0 aliphatic rings. The first-order valence-corrected chi connectivity index (χ1v) is 10.4. The average Bonchev–Trinajstić information content (AvgIpc) is 3.24. The molecule has 4 aromatic rings. The Morgan fingerprint density at radius 2 is 1.41 bits per heavy atom. The summed E-state index contributed by atoms with van der Waals surface area (Å²) >= 11 is 0. The van der Waals surface area contributed by atoms with Crippen molar-refractivity contribution >= 4 is 29.3 Å². The van der Waals surface area contributed by atoms with E-state index < -0.39 is 5.97 Å². The Morgan fingerprint density at radius 3 is 2.12 bits per heavy atom. The molecule has 8 heteroatoms. The molecule has 3 aromatic carbocycles. The number of aryl methyl sites for hydroxylation is 1. The van der Waals surface area contributed by atoms with E-state index in [0.717, 1.165) is 5.56 Å². The molecule has 1 aromatic heterocycles. The zero-order valence-electron chi connectivity index (χ0n) is 18.6. The quantitative estimate of drug-likeness (QED) is 0.421. The zero-order valence-corrected chi connectivity index (χ0v) is 18.6. The highest BCUT2D eigenvalue weighted by Crippen LogP contribution is 2.24. The minimum atomic E-state index is -0.506. The first-order chi connectivity index (χ1) is 16.4. The van der Waals surface area contributed by atoms with Crippen LogP contribution in [0.2, 0.25) is 0 Å². The van der Waals surface area contributed by atoms with Gasteiger partial charge in [-0.2, -0.15) is 5.10 Å². The van der Waals surface area contributed by atoms with Crippen LogP contribution in [0.5, 0.6) is 0 Å². The lowest BCUT2D eigenvalue weighted by molar-refractivity contribution is 0.0600. The summed E-state index contributed by atoms with van der Waals surface area (Å²) in [5, 5.41) is 10.1. The second-order valence-electron chi connectivity index (χ2n) is 7.46. The van der Waals surface area contributed by atoms with E-state index in [1.54, 1.807) is 72.4 Å². The number of nitrogens with zero attached hydrogens (tertiary/aromatic N) is 2. The van der Waals surface area contributed by atoms with Gasteiger partial charge < -0.3 is 15.4 Å². The predicted octanol–water partition coefficient (Wildman–Crippen LogP) is 4.38. The lowest BCUT2D eigenvalue weighted by Gasteiger charge is -2.07. The van der Waals surface area contributed by atoms with Crippen molar-refractivity contribution < 1.29 is 19.1 Å². The second-order valence-corrected chi connectivity index (χ2v) is 7.46. The molecule has 0 spiro atoms. The molecule has 170 valence electrons. The summed E-state index contributed by atoms with van der Waals surface area (Å²) in [6.45, 7) is 0. The summed E-state index contributed by atoms with van der Waals surface area (Å²) in [5.74, 6) is -0.507. The van der Waals surface area contributed by atoms with Gasteiger partial charge in [0.2, 0.25) is 0 Å². The zero-order chi connectivity index (χ0) is 24.1. The fourth-order valence-corrected chi connectivity index (χ4v) is 3.34. The number of carbonyl (C=O) groups is 3. The van der Waals surface area contributed by atoms with Crippen molar-refractivity contribution in [2.45, 2.75) is 0 Å². The van der Waals surface area contributed by atoms with Crippen LogP contribution in [0.4, 0.5) is 11.5 Å². The van der Waals surface area contributed by atoms with Crippen LogP contribution >= 0.6 is 0 Å². The highest BCUT2D eigenvalue weighted by Gasteiger charge is 2.13. The number of aromatic nitrogens is 2. The summed E-state index contributed by atoms with van der Waals surface area (Å²) in [7, 11) is 3.04. The molecule has 2 N–H and O–H groups in total. The van der Waals surface area contributed by atoms with E-state index in [4.69, 9.17) is 4.74 Å². The Bertz CT molecular complexity index is 1340. The van der Waals surface area contributed by atoms with Gasteiger partial charge in [-0.05, 0) is 42.5 Å². The third-order valence-electron chi connectivity index (χ3n) is 5.14. The van der Waals surface area contributed by atoms with Crippen molar-refractivity contribution in [3.63, 3.8) is 0 Å². The number of esters is 1. The van der Waals surface area contributed by atoms with Crippen LogP contribution in [0, 0.1) is 0 Å². The number of ether oxygens (including phenoxy) is 1. The van der Waals surface area contributed by atoms with Gasteiger partial charge in [0.05, 0.1) is 18.4 Å². The molecule has 0 radical (unpaired) electrons. The van der Waals surface area contributed by atoms with E-state index in [2.05, 4.69) is 15.7 Å². The molecule has 0 aliphatic heterocycles.